The Morgan fingerprint density at radius 1 is 1.14 bits per heavy atom. The Morgan fingerprint density at radius 3 is 1.86 bits per heavy atom. The van der Waals surface area contributed by atoms with E-state index in [0.29, 0.717) is 0 Å². The number of rotatable bonds is 4. The van der Waals surface area contributed by atoms with E-state index >= 15 is 0 Å². The maximum Gasteiger partial charge on any atom is 0.235 e. The Labute approximate surface area is 88.8 Å². The van der Waals surface area contributed by atoms with Crippen LogP contribution < -0.4 is 0 Å². The van der Waals surface area contributed by atoms with Gasteiger partial charge in [-0.15, -0.1) is 0 Å². The van der Waals surface area contributed by atoms with Gasteiger partial charge >= 0.3 is 0 Å². The molecule has 0 heterocycles. The van der Waals surface area contributed by atoms with E-state index in [4.69, 9.17) is 0 Å². The fourth-order valence-electron chi connectivity index (χ4n) is 1.51. The standard InChI is InChI=1S/C11H23NOSi/c1-10(2,12-9-13)8-11(3,4)14(5,6)7/h8H2,1-7H3. The van der Waals surface area contributed by atoms with Gasteiger partial charge in [0.15, 0.2) is 0 Å². The van der Waals surface area contributed by atoms with Crippen LogP contribution in [0.5, 0.6) is 0 Å². The lowest BCUT2D eigenvalue weighted by atomic mass is 9.93. The van der Waals surface area contributed by atoms with Gasteiger partial charge in [0.25, 0.3) is 0 Å². The largest absolute Gasteiger partial charge is 0.235 e. The predicted molar refractivity (Wildman–Crippen MR) is 64.2 cm³/mol. The van der Waals surface area contributed by atoms with E-state index in [0.717, 1.165) is 6.42 Å². The van der Waals surface area contributed by atoms with Crippen LogP contribution in [-0.2, 0) is 4.79 Å². The van der Waals surface area contributed by atoms with Crippen LogP contribution in [0.25, 0.3) is 0 Å². The Balaban J connectivity index is 4.75. The molecule has 82 valence electrons. The SMILES string of the molecule is CC(C)(CC(C)(C)[Si](C)(C)C)N=C=O. The monoisotopic (exact) mass is 213 g/mol. The molecule has 0 rings (SSSR count). The quantitative estimate of drug-likeness (QED) is 0.398. The molecule has 0 unspecified atom stereocenters. The molecule has 0 saturated carbocycles. The van der Waals surface area contributed by atoms with E-state index in [1.54, 1.807) is 6.08 Å². The fourth-order valence-corrected chi connectivity index (χ4v) is 2.47. The van der Waals surface area contributed by atoms with E-state index in [-0.39, 0.29) is 10.6 Å². The molecule has 0 N–H and O–H groups in total. The summed E-state index contributed by atoms with van der Waals surface area (Å²) in [4.78, 5) is 14.1. The first-order valence-corrected chi connectivity index (χ1v) is 8.61. The third kappa shape index (κ3) is 3.77. The molecular formula is C11H23NOSi. The first-order chi connectivity index (χ1) is 6.02. The van der Waals surface area contributed by atoms with Crippen molar-refractivity contribution in [2.45, 2.75) is 64.3 Å². The van der Waals surface area contributed by atoms with Crippen LogP contribution in [0.2, 0.25) is 24.7 Å². The first kappa shape index (κ1) is 13.6. The molecule has 3 heteroatoms. The second-order valence-electron chi connectivity index (χ2n) is 6.33. The smallest absolute Gasteiger partial charge is 0.211 e. The summed E-state index contributed by atoms with van der Waals surface area (Å²) in [6.45, 7) is 15.6. The average Bonchev–Trinajstić information content (AvgIpc) is 1.80. The molecule has 0 amide bonds. The van der Waals surface area contributed by atoms with Crippen molar-refractivity contribution in [2.24, 2.45) is 4.99 Å². The highest BCUT2D eigenvalue weighted by atomic mass is 28.3. The van der Waals surface area contributed by atoms with Gasteiger partial charge in [-0.3, -0.25) is 0 Å². The van der Waals surface area contributed by atoms with Gasteiger partial charge in [-0.05, 0) is 25.3 Å². The zero-order valence-corrected chi connectivity index (χ0v) is 11.6. The molecule has 0 aliphatic carbocycles. The molecular weight excluding hydrogens is 190 g/mol. The lowest BCUT2D eigenvalue weighted by Crippen LogP contribution is -2.39. The minimum absolute atomic E-state index is 0.272. The Bertz CT molecular complexity index is 245. The van der Waals surface area contributed by atoms with E-state index in [1.807, 2.05) is 13.8 Å². The molecule has 0 fully saturated rings. The summed E-state index contributed by atoms with van der Waals surface area (Å²) in [7, 11) is -1.21. The molecule has 0 aromatic heterocycles. The van der Waals surface area contributed by atoms with Crippen LogP contribution in [0.15, 0.2) is 4.99 Å². The van der Waals surface area contributed by atoms with Crippen molar-refractivity contribution in [3.8, 4) is 0 Å². The molecule has 0 spiro atoms. The number of carbonyl (C=O) groups excluding carboxylic acids is 1. The highest BCUT2D eigenvalue weighted by Gasteiger charge is 2.38. The summed E-state index contributed by atoms with van der Waals surface area (Å²) in [6.07, 6.45) is 2.62. The normalized spacial score (nSPS) is 13.6. The number of hydrogen-bond donors (Lipinski definition) is 0. The van der Waals surface area contributed by atoms with Gasteiger partial charge in [0, 0.05) is 8.07 Å². The average molecular weight is 213 g/mol. The van der Waals surface area contributed by atoms with Gasteiger partial charge in [0.2, 0.25) is 6.08 Å². The molecule has 2 nitrogen and oxygen atoms in total. The lowest BCUT2D eigenvalue weighted by molar-refractivity contribution is 0.402. The van der Waals surface area contributed by atoms with Crippen LogP contribution in [0, 0.1) is 0 Å². The number of aliphatic imine (C=N–C) groups is 1. The van der Waals surface area contributed by atoms with Crippen LogP contribution in [0.3, 0.4) is 0 Å². The van der Waals surface area contributed by atoms with E-state index in [2.05, 4.69) is 38.5 Å². The summed E-state index contributed by atoms with van der Waals surface area (Å²) < 4.78 is 0. The van der Waals surface area contributed by atoms with Crippen LogP contribution >= 0.6 is 0 Å². The van der Waals surface area contributed by atoms with Crippen molar-refractivity contribution >= 4 is 14.2 Å². The lowest BCUT2D eigenvalue weighted by Gasteiger charge is -2.41. The zero-order valence-electron chi connectivity index (χ0n) is 10.6. The van der Waals surface area contributed by atoms with E-state index < -0.39 is 8.07 Å². The first-order valence-electron chi connectivity index (χ1n) is 5.11. The van der Waals surface area contributed by atoms with Crippen molar-refractivity contribution < 1.29 is 4.79 Å². The van der Waals surface area contributed by atoms with Crippen molar-refractivity contribution in [1.29, 1.82) is 0 Å². The van der Waals surface area contributed by atoms with Crippen LogP contribution in [0.1, 0.15) is 34.1 Å². The van der Waals surface area contributed by atoms with Gasteiger partial charge in [0.1, 0.15) is 0 Å². The molecule has 0 radical (unpaired) electrons. The number of hydrogen-bond acceptors (Lipinski definition) is 2. The Morgan fingerprint density at radius 2 is 1.57 bits per heavy atom. The van der Waals surface area contributed by atoms with Gasteiger partial charge in [-0.25, -0.2) is 4.79 Å². The van der Waals surface area contributed by atoms with Crippen LogP contribution in [-0.4, -0.2) is 19.7 Å². The van der Waals surface area contributed by atoms with Crippen LogP contribution in [0.4, 0.5) is 0 Å². The van der Waals surface area contributed by atoms with Crippen molar-refractivity contribution in [1.82, 2.24) is 0 Å². The summed E-state index contributed by atoms with van der Waals surface area (Å²) in [5, 5.41) is 0.289. The Hall–Kier alpha value is -0.403. The third-order valence-corrected chi connectivity index (χ3v) is 7.49. The molecule has 0 saturated heterocycles. The van der Waals surface area contributed by atoms with Gasteiger partial charge in [-0.2, -0.15) is 4.99 Å². The predicted octanol–water partition coefficient (Wildman–Crippen LogP) is 3.61. The third-order valence-electron chi connectivity index (χ3n) is 3.25. The maximum absolute atomic E-state index is 10.3. The minimum Gasteiger partial charge on any atom is -0.211 e. The highest BCUT2D eigenvalue weighted by molar-refractivity contribution is 6.79. The summed E-state index contributed by atoms with van der Waals surface area (Å²) in [6, 6.07) is 0. The van der Waals surface area contributed by atoms with Gasteiger partial charge < -0.3 is 0 Å². The number of nitrogens with zero attached hydrogens (tertiary/aromatic N) is 1. The van der Waals surface area contributed by atoms with Crippen molar-refractivity contribution in [3.63, 3.8) is 0 Å². The van der Waals surface area contributed by atoms with Gasteiger partial charge in [0.05, 0.1) is 5.54 Å². The Kier molecular flexibility index (Phi) is 3.88. The summed E-state index contributed by atoms with van der Waals surface area (Å²) >= 11 is 0. The second kappa shape index (κ2) is 3.99. The maximum atomic E-state index is 10.3. The number of isocyanates is 1. The van der Waals surface area contributed by atoms with E-state index in [1.165, 1.54) is 0 Å². The summed E-state index contributed by atoms with van der Waals surface area (Å²) in [5.41, 5.74) is -0.272. The zero-order chi connectivity index (χ0) is 11.6. The molecule has 0 aliphatic heterocycles. The topological polar surface area (TPSA) is 29.4 Å². The van der Waals surface area contributed by atoms with Gasteiger partial charge in [-0.1, -0.05) is 33.5 Å². The molecule has 0 aromatic rings. The molecule has 0 aromatic carbocycles. The molecule has 0 atom stereocenters. The highest BCUT2D eigenvalue weighted by Crippen LogP contribution is 2.44. The molecule has 14 heavy (non-hydrogen) atoms. The second-order valence-corrected chi connectivity index (χ2v) is 12.2. The molecule has 0 bridgehead atoms. The fraction of sp³-hybridized carbons (Fsp3) is 0.909. The van der Waals surface area contributed by atoms with Crippen molar-refractivity contribution in [2.75, 3.05) is 0 Å². The summed E-state index contributed by atoms with van der Waals surface area (Å²) in [5.74, 6) is 0. The van der Waals surface area contributed by atoms with E-state index in [9.17, 15) is 4.79 Å². The molecule has 0 aliphatic rings. The minimum atomic E-state index is -1.21. The van der Waals surface area contributed by atoms with Crippen molar-refractivity contribution in [3.05, 3.63) is 0 Å².